The molecule has 0 bridgehead atoms. The zero-order valence-corrected chi connectivity index (χ0v) is 19.4. The average molecular weight is 774 g/mol. The van der Waals surface area contributed by atoms with Gasteiger partial charge >= 0.3 is 71.3 Å². The zero-order chi connectivity index (χ0) is 33.4. The van der Waals surface area contributed by atoms with Crippen LogP contribution in [-0.2, 0) is 0 Å². The van der Waals surface area contributed by atoms with E-state index >= 15 is 0 Å². The Morgan fingerprint density at radius 3 is 0.625 bits per heavy atom. The summed E-state index contributed by atoms with van der Waals surface area (Å²) in [6, 6.07) is 0. The smallest absolute Gasteiger partial charge is 0.200 e. The first-order chi connectivity index (χ1) is 16.8. The third-order valence-corrected chi connectivity index (χ3v) is 5.31. The van der Waals surface area contributed by atoms with Crippen LogP contribution >= 0.6 is 22.6 Å². The van der Waals surface area contributed by atoms with Crippen LogP contribution in [0.2, 0.25) is 0 Å². The molecule has 0 saturated heterocycles. The summed E-state index contributed by atoms with van der Waals surface area (Å²) < 4.78 is 328. The van der Waals surface area contributed by atoms with Crippen LogP contribution in [-0.4, -0.2) is 75.8 Å². The molecule has 0 saturated carbocycles. The maximum Gasteiger partial charge on any atom is 0.460 e. The zero-order valence-electron chi connectivity index (χ0n) is 17.2. The Labute approximate surface area is 215 Å². The summed E-state index contributed by atoms with van der Waals surface area (Å²) in [5, 5.41) is 0. The van der Waals surface area contributed by atoms with Gasteiger partial charge in [-0.3, -0.25) is 0 Å². The normalized spacial score (nSPS) is 16.9. The summed E-state index contributed by atoms with van der Waals surface area (Å²) in [4.78, 5) is 0. The third-order valence-electron chi connectivity index (χ3n) is 4.77. The van der Waals surface area contributed by atoms with Crippen molar-refractivity contribution in [2.75, 3.05) is 4.43 Å². The minimum Gasteiger partial charge on any atom is -0.200 e. The van der Waals surface area contributed by atoms with Gasteiger partial charge in [0.2, 0.25) is 0 Å². The van der Waals surface area contributed by atoms with E-state index in [1.807, 2.05) is 0 Å². The van der Waals surface area contributed by atoms with Gasteiger partial charge < -0.3 is 0 Å². The molecule has 0 unspecified atom stereocenters. The molecule has 26 heteroatoms. The van der Waals surface area contributed by atoms with Crippen LogP contribution in [0.5, 0.6) is 0 Å². The summed E-state index contributed by atoms with van der Waals surface area (Å²) in [5.41, 5.74) is 0. The Morgan fingerprint density at radius 1 is 0.275 bits per heavy atom. The average Bonchev–Trinajstić information content (AvgIpc) is 2.71. The van der Waals surface area contributed by atoms with E-state index in [-0.39, 0.29) is 0 Å². The summed E-state index contributed by atoms with van der Waals surface area (Å²) >= 11 is 0.621. The van der Waals surface area contributed by atoms with Gasteiger partial charge in [0.15, 0.2) is 0 Å². The molecule has 0 aromatic rings. The molecule has 0 nitrogen and oxygen atoms in total. The predicted octanol–water partition coefficient (Wildman–Crippen LogP) is 9.36. The molecule has 0 aliphatic heterocycles. The van der Waals surface area contributed by atoms with Crippen molar-refractivity contribution >= 4 is 22.6 Å². The van der Waals surface area contributed by atoms with E-state index in [0.29, 0.717) is 22.6 Å². The maximum atomic E-state index is 13.6. The van der Waals surface area contributed by atoms with Crippen LogP contribution in [0.1, 0.15) is 6.42 Å². The third kappa shape index (κ3) is 4.60. The lowest BCUT2D eigenvalue weighted by Gasteiger charge is -2.45. The second kappa shape index (κ2) is 9.75. The van der Waals surface area contributed by atoms with Crippen molar-refractivity contribution in [3.8, 4) is 0 Å². The van der Waals surface area contributed by atoms with Crippen molar-refractivity contribution in [2.45, 2.75) is 77.7 Å². The first-order valence-electron chi connectivity index (χ1n) is 8.60. The SMILES string of the molecule is FC(F)(F)C(F)(F)C(F)(F)C(F)(F)C(F)(F)C(F)(F)C(F)(F)C(F)(F)C(F)(F)C(F)(F)C(F)(F)C(F)(F)CCI. The Morgan fingerprint density at radius 2 is 0.450 bits per heavy atom. The number of rotatable bonds is 12. The summed E-state index contributed by atoms with van der Waals surface area (Å²) in [6.07, 6.45) is -10.8. The number of alkyl halides is 26. The topological polar surface area (TPSA) is 0 Å². The highest BCUT2D eigenvalue weighted by Gasteiger charge is 2.99. The molecule has 0 radical (unpaired) electrons. The second-order valence-electron chi connectivity index (χ2n) is 7.39. The van der Waals surface area contributed by atoms with Gasteiger partial charge in [-0.1, -0.05) is 22.6 Å². The van der Waals surface area contributed by atoms with E-state index < -0.39 is 82.2 Å². The lowest BCUT2D eigenvalue weighted by atomic mass is 9.84. The molecule has 0 atom stereocenters. The second-order valence-corrected chi connectivity index (χ2v) is 8.46. The molecular formula is C14H4F25I. The van der Waals surface area contributed by atoms with E-state index in [1.54, 1.807) is 0 Å². The van der Waals surface area contributed by atoms with Crippen LogP contribution in [0.25, 0.3) is 0 Å². The number of halogens is 26. The van der Waals surface area contributed by atoms with Crippen molar-refractivity contribution in [1.82, 2.24) is 0 Å². The molecule has 0 aliphatic rings. The van der Waals surface area contributed by atoms with Gasteiger partial charge in [-0.05, 0) is 0 Å². The molecule has 0 spiro atoms. The van der Waals surface area contributed by atoms with Gasteiger partial charge in [0.25, 0.3) is 0 Å². The van der Waals surface area contributed by atoms with Crippen molar-refractivity contribution in [3.05, 3.63) is 0 Å². The standard InChI is InChI=1S/C14H4F25I/c15-3(16,1-2-40)4(17,18)5(19,20)6(21,22)7(23,24)8(25,26)9(27,28)10(29,30)11(31,32)12(33,34)13(35,36)14(37,38)39/h1-2H2. The van der Waals surface area contributed by atoms with Gasteiger partial charge in [-0.15, -0.1) is 0 Å². The molecule has 0 rings (SSSR count). The van der Waals surface area contributed by atoms with Gasteiger partial charge in [0.1, 0.15) is 0 Å². The van der Waals surface area contributed by atoms with Crippen LogP contribution in [0.3, 0.4) is 0 Å². The highest BCUT2D eigenvalue weighted by atomic mass is 127. The highest BCUT2D eigenvalue weighted by molar-refractivity contribution is 14.1. The monoisotopic (exact) mass is 774 g/mol. The summed E-state index contributed by atoms with van der Waals surface area (Å²) in [7, 11) is 0. The number of hydrogen-bond donors (Lipinski definition) is 0. The largest absolute Gasteiger partial charge is 0.460 e. The van der Waals surface area contributed by atoms with Crippen LogP contribution in [0.15, 0.2) is 0 Å². The van der Waals surface area contributed by atoms with Crippen LogP contribution in [0, 0.1) is 0 Å². The van der Waals surface area contributed by atoms with Gasteiger partial charge in [0, 0.05) is 10.8 Å². The van der Waals surface area contributed by atoms with Crippen molar-refractivity contribution in [2.24, 2.45) is 0 Å². The molecule has 0 amide bonds. The number of hydrogen-bond acceptors (Lipinski definition) is 0. The molecule has 0 aromatic carbocycles. The van der Waals surface area contributed by atoms with Crippen molar-refractivity contribution in [1.29, 1.82) is 0 Å². The fraction of sp³-hybridized carbons (Fsp3) is 1.00. The highest BCUT2D eigenvalue weighted by Crippen LogP contribution is 2.67. The van der Waals surface area contributed by atoms with E-state index in [1.165, 1.54) is 0 Å². The summed E-state index contributed by atoms with van der Waals surface area (Å²) in [6.45, 7) is 0. The van der Waals surface area contributed by atoms with Gasteiger partial charge in [-0.25, -0.2) is 0 Å². The Bertz CT molecular complexity index is 909. The molecular weight excluding hydrogens is 770 g/mol. The minimum absolute atomic E-state index is 0.621. The Hall–Kier alpha value is -1.02. The van der Waals surface area contributed by atoms with E-state index in [0.717, 1.165) is 0 Å². The first-order valence-corrected chi connectivity index (χ1v) is 10.1. The molecule has 0 aromatic heterocycles. The minimum atomic E-state index is -9.56. The van der Waals surface area contributed by atoms with E-state index in [9.17, 15) is 110 Å². The maximum absolute atomic E-state index is 13.6. The van der Waals surface area contributed by atoms with Crippen molar-refractivity contribution < 1.29 is 110 Å². The summed E-state index contributed by atoms with van der Waals surface area (Å²) in [5.74, 6) is -97.6. The fourth-order valence-corrected chi connectivity index (χ4v) is 2.94. The molecule has 0 aliphatic carbocycles. The first kappa shape index (κ1) is 39.0. The lowest BCUT2D eigenvalue weighted by molar-refractivity contribution is -0.482. The lowest BCUT2D eigenvalue weighted by Crippen LogP contribution is -2.78. The van der Waals surface area contributed by atoms with Gasteiger partial charge in [0.05, 0.1) is 0 Å². The predicted molar refractivity (Wildman–Crippen MR) is 84.0 cm³/mol. The Balaban J connectivity index is 7.30. The Kier molecular flexibility index (Phi) is 9.50. The van der Waals surface area contributed by atoms with Crippen molar-refractivity contribution in [3.63, 3.8) is 0 Å². The van der Waals surface area contributed by atoms with Crippen LogP contribution in [0.4, 0.5) is 110 Å². The quantitative estimate of drug-likeness (QED) is 0.105. The van der Waals surface area contributed by atoms with Gasteiger partial charge in [-0.2, -0.15) is 110 Å². The van der Waals surface area contributed by atoms with Crippen LogP contribution < -0.4 is 0 Å². The van der Waals surface area contributed by atoms with E-state index in [2.05, 4.69) is 0 Å². The molecule has 40 heavy (non-hydrogen) atoms. The molecule has 0 N–H and O–H groups in total. The molecule has 0 heterocycles. The fourth-order valence-electron chi connectivity index (χ4n) is 2.26. The molecule has 0 fully saturated rings. The van der Waals surface area contributed by atoms with E-state index in [4.69, 9.17) is 0 Å². The molecule has 242 valence electrons.